The minimum absolute atomic E-state index is 0.0589. The van der Waals surface area contributed by atoms with Gasteiger partial charge in [-0.1, -0.05) is 20.8 Å². The SMILES string of the molecule is CC(N(C)S(=O)(=O)c1cnccc1N)C(C)(C)C. The van der Waals surface area contributed by atoms with Crippen molar-refractivity contribution >= 4 is 15.7 Å². The number of hydrogen-bond donors (Lipinski definition) is 1. The van der Waals surface area contributed by atoms with E-state index in [2.05, 4.69) is 4.98 Å². The fourth-order valence-corrected chi connectivity index (χ4v) is 3.12. The van der Waals surface area contributed by atoms with Gasteiger partial charge in [0.25, 0.3) is 0 Å². The van der Waals surface area contributed by atoms with E-state index in [0.717, 1.165) is 0 Å². The monoisotopic (exact) mass is 271 g/mol. The number of rotatable bonds is 3. The normalized spacial score (nSPS) is 14.8. The van der Waals surface area contributed by atoms with Crippen molar-refractivity contribution in [1.29, 1.82) is 0 Å². The summed E-state index contributed by atoms with van der Waals surface area (Å²) in [6.45, 7) is 7.87. The molecule has 0 amide bonds. The van der Waals surface area contributed by atoms with Crippen molar-refractivity contribution in [2.45, 2.75) is 38.6 Å². The summed E-state index contributed by atoms with van der Waals surface area (Å²) in [5.41, 5.74) is 5.77. The van der Waals surface area contributed by atoms with Gasteiger partial charge in [-0.05, 0) is 18.4 Å². The Labute approximate surface area is 109 Å². The Kier molecular flexibility index (Phi) is 4.02. The number of pyridine rings is 1. The molecule has 102 valence electrons. The maximum absolute atomic E-state index is 12.4. The zero-order valence-corrected chi connectivity index (χ0v) is 12.3. The van der Waals surface area contributed by atoms with E-state index >= 15 is 0 Å². The van der Waals surface area contributed by atoms with Crippen molar-refractivity contribution in [3.63, 3.8) is 0 Å². The molecule has 5 nitrogen and oxygen atoms in total. The minimum atomic E-state index is -3.61. The van der Waals surface area contributed by atoms with Gasteiger partial charge in [0.05, 0.1) is 5.69 Å². The standard InChI is InChI=1S/C12H21N3O2S/c1-9(12(2,3)4)15(5)18(16,17)11-8-14-7-6-10(11)13/h6-9H,1-5H3,(H2,13,14). The molecule has 1 heterocycles. The van der Waals surface area contributed by atoms with E-state index in [1.54, 1.807) is 7.05 Å². The molecule has 1 aromatic heterocycles. The Hall–Kier alpha value is -1.14. The number of nitrogens with two attached hydrogens (primary N) is 1. The molecule has 2 N–H and O–H groups in total. The molecule has 0 bridgehead atoms. The minimum Gasteiger partial charge on any atom is -0.398 e. The van der Waals surface area contributed by atoms with Gasteiger partial charge in [0.2, 0.25) is 10.0 Å². The van der Waals surface area contributed by atoms with E-state index in [0.29, 0.717) is 0 Å². The molecule has 1 aromatic rings. The van der Waals surface area contributed by atoms with Gasteiger partial charge in [-0.3, -0.25) is 4.98 Å². The van der Waals surface area contributed by atoms with Crippen LogP contribution in [0.15, 0.2) is 23.4 Å². The Morgan fingerprint density at radius 3 is 2.39 bits per heavy atom. The van der Waals surface area contributed by atoms with Crippen LogP contribution >= 0.6 is 0 Å². The summed E-state index contributed by atoms with van der Waals surface area (Å²) in [6.07, 6.45) is 2.76. The molecule has 1 atom stereocenters. The molecular formula is C12H21N3O2S. The van der Waals surface area contributed by atoms with Crippen molar-refractivity contribution in [2.75, 3.05) is 12.8 Å². The smallest absolute Gasteiger partial charge is 0.246 e. The predicted octanol–water partition coefficient (Wildman–Crippen LogP) is 1.72. The van der Waals surface area contributed by atoms with Gasteiger partial charge in [0, 0.05) is 25.5 Å². The third-order valence-corrected chi connectivity index (χ3v) is 5.24. The third kappa shape index (κ3) is 2.81. The van der Waals surface area contributed by atoms with Gasteiger partial charge in [-0.25, -0.2) is 8.42 Å². The van der Waals surface area contributed by atoms with Crippen LogP contribution in [0.4, 0.5) is 5.69 Å². The molecule has 1 rings (SSSR count). The summed E-state index contributed by atoms with van der Waals surface area (Å²) in [6, 6.07) is 1.34. The lowest BCUT2D eigenvalue weighted by atomic mass is 9.88. The van der Waals surface area contributed by atoms with E-state index in [1.165, 1.54) is 22.8 Å². The highest BCUT2D eigenvalue weighted by atomic mass is 32.2. The van der Waals surface area contributed by atoms with E-state index in [-0.39, 0.29) is 22.0 Å². The van der Waals surface area contributed by atoms with E-state index < -0.39 is 10.0 Å². The largest absolute Gasteiger partial charge is 0.398 e. The molecule has 18 heavy (non-hydrogen) atoms. The van der Waals surface area contributed by atoms with Crippen molar-refractivity contribution in [1.82, 2.24) is 9.29 Å². The summed E-state index contributed by atoms with van der Waals surface area (Å²) in [5, 5.41) is 0. The molecule has 0 aliphatic heterocycles. The lowest BCUT2D eigenvalue weighted by Crippen LogP contribution is -2.43. The maximum atomic E-state index is 12.4. The van der Waals surface area contributed by atoms with Gasteiger partial charge < -0.3 is 5.73 Å². The second-order valence-corrected chi connectivity index (χ2v) is 7.44. The molecule has 1 unspecified atom stereocenters. The summed E-state index contributed by atoms with van der Waals surface area (Å²) in [5.74, 6) is 0. The van der Waals surface area contributed by atoms with Gasteiger partial charge in [0.1, 0.15) is 4.90 Å². The second-order valence-electron chi connectivity index (χ2n) is 5.48. The number of aromatic nitrogens is 1. The summed E-state index contributed by atoms with van der Waals surface area (Å²) >= 11 is 0. The Balaban J connectivity index is 3.20. The molecule has 0 fully saturated rings. The van der Waals surface area contributed by atoms with Crippen LogP contribution in [0.2, 0.25) is 0 Å². The fourth-order valence-electron chi connectivity index (χ4n) is 1.51. The summed E-state index contributed by atoms with van der Waals surface area (Å²) in [7, 11) is -2.04. The maximum Gasteiger partial charge on any atom is 0.246 e. The van der Waals surface area contributed by atoms with Crippen molar-refractivity contribution in [3.8, 4) is 0 Å². The van der Waals surface area contributed by atoms with Crippen LogP contribution in [0, 0.1) is 5.41 Å². The number of sulfonamides is 1. The van der Waals surface area contributed by atoms with Crippen LogP contribution in [0.25, 0.3) is 0 Å². The van der Waals surface area contributed by atoms with Crippen molar-refractivity contribution in [2.24, 2.45) is 5.41 Å². The average Bonchev–Trinajstić information content (AvgIpc) is 2.26. The van der Waals surface area contributed by atoms with Gasteiger partial charge >= 0.3 is 0 Å². The third-order valence-electron chi connectivity index (χ3n) is 3.27. The predicted molar refractivity (Wildman–Crippen MR) is 72.5 cm³/mol. The highest BCUT2D eigenvalue weighted by molar-refractivity contribution is 7.89. The van der Waals surface area contributed by atoms with Gasteiger partial charge in [-0.15, -0.1) is 0 Å². The van der Waals surface area contributed by atoms with Crippen LogP contribution in [-0.2, 0) is 10.0 Å². The van der Waals surface area contributed by atoms with E-state index in [4.69, 9.17) is 5.73 Å². The fraction of sp³-hybridized carbons (Fsp3) is 0.583. The van der Waals surface area contributed by atoms with Crippen LogP contribution < -0.4 is 5.73 Å². The molecule has 6 heteroatoms. The van der Waals surface area contributed by atoms with E-state index in [1.807, 2.05) is 27.7 Å². The zero-order valence-electron chi connectivity index (χ0n) is 11.5. The van der Waals surface area contributed by atoms with Crippen LogP contribution in [0.1, 0.15) is 27.7 Å². The summed E-state index contributed by atoms with van der Waals surface area (Å²) < 4.78 is 26.2. The highest BCUT2D eigenvalue weighted by Gasteiger charge is 2.33. The molecule has 0 radical (unpaired) electrons. The van der Waals surface area contributed by atoms with Crippen molar-refractivity contribution < 1.29 is 8.42 Å². The Morgan fingerprint density at radius 2 is 1.94 bits per heavy atom. The van der Waals surface area contributed by atoms with Crippen LogP contribution in [0.3, 0.4) is 0 Å². The molecular weight excluding hydrogens is 250 g/mol. The lowest BCUT2D eigenvalue weighted by molar-refractivity contribution is 0.216. The number of anilines is 1. The molecule has 0 saturated heterocycles. The molecule has 0 aliphatic carbocycles. The van der Waals surface area contributed by atoms with Gasteiger partial charge in [0.15, 0.2) is 0 Å². The first kappa shape index (κ1) is 14.9. The molecule has 0 spiro atoms. The molecule has 0 saturated carbocycles. The number of hydrogen-bond acceptors (Lipinski definition) is 4. The lowest BCUT2D eigenvalue weighted by Gasteiger charge is -2.34. The zero-order chi connectivity index (χ0) is 14.1. The second kappa shape index (κ2) is 4.85. The average molecular weight is 271 g/mol. The number of nitrogens with zero attached hydrogens (tertiary/aromatic N) is 2. The highest BCUT2D eigenvalue weighted by Crippen LogP contribution is 2.28. The van der Waals surface area contributed by atoms with Crippen LogP contribution in [-0.4, -0.2) is 30.8 Å². The topological polar surface area (TPSA) is 76.3 Å². The first-order valence-corrected chi connectivity index (χ1v) is 7.20. The molecule has 0 aliphatic rings. The first-order valence-electron chi connectivity index (χ1n) is 5.76. The first-order chi connectivity index (χ1) is 8.08. The quantitative estimate of drug-likeness (QED) is 0.908. The number of nitrogen functional groups attached to an aromatic ring is 1. The van der Waals surface area contributed by atoms with Gasteiger partial charge in [-0.2, -0.15) is 4.31 Å². The van der Waals surface area contributed by atoms with Crippen LogP contribution in [0.5, 0.6) is 0 Å². The molecule has 0 aromatic carbocycles. The van der Waals surface area contributed by atoms with Crippen molar-refractivity contribution in [3.05, 3.63) is 18.5 Å². The van der Waals surface area contributed by atoms with E-state index in [9.17, 15) is 8.42 Å². The Bertz CT molecular complexity index is 520. The Morgan fingerprint density at radius 1 is 1.39 bits per heavy atom. The summed E-state index contributed by atoms with van der Waals surface area (Å²) in [4.78, 5) is 3.89.